The van der Waals surface area contributed by atoms with Gasteiger partial charge in [-0.2, -0.15) is 0 Å². The Kier molecular flexibility index (Phi) is 6.62. The number of aryl methyl sites for hydroxylation is 1. The summed E-state index contributed by atoms with van der Waals surface area (Å²) in [5.41, 5.74) is 2.40. The first-order valence-electron chi connectivity index (χ1n) is 8.21. The fourth-order valence-corrected chi connectivity index (χ4v) is 4.69. The largest absolute Gasteiger partial charge is 0.383 e. The van der Waals surface area contributed by atoms with E-state index < -0.39 is 9.84 Å². The minimum Gasteiger partial charge on any atom is -0.383 e. The zero-order chi connectivity index (χ0) is 17.6. The topological polar surface area (TPSA) is 75.7 Å². The maximum absolute atomic E-state index is 12.5. The highest BCUT2D eigenvalue weighted by Gasteiger charge is 2.34. The van der Waals surface area contributed by atoms with E-state index in [4.69, 9.17) is 4.74 Å². The lowest BCUT2D eigenvalue weighted by molar-refractivity contribution is 0.134. The number of carbonyl (C=O) groups is 1. The van der Waals surface area contributed by atoms with Crippen molar-refractivity contribution in [3.8, 4) is 0 Å². The molecule has 0 aromatic heterocycles. The van der Waals surface area contributed by atoms with E-state index >= 15 is 0 Å². The molecule has 6 nitrogen and oxygen atoms in total. The van der Waals surface area contributed by atoms with E-state index in [1.807, 2.05) is 31.2 Å². The molecule has 0 aliphatic carbocycles. The summed E-state index contributed by atoms with van der Waals surface area (Å²) in [6.45, 7) is 3.35. The van der Waals surface area contributed by atoms with Crippen molar-refractivity contribution in [3.63, 3.8) is 0 Å². The summed E-state index contributed by atoms with van der Waals surface area (Å²) in [6, 6.07) is 7.59. The molecule has 24 heavy (non-hydrogen) atoms. The predicted octanol–water partition coefficient (Wildman–Crippen LogP) is 1.38. The molecule has 7 heteroatoms. The number of carbonyl (C=O) groups excluding carboxylic acids is 1. The number of urea groups is 1. The second-order valence-corrected chi connectivity index (χ2v) is 8.38. The summed E-state index contributed by atoms with van der Waals surface area (Å²) in [7, 11) is -1.46. The zero-order valence-corrected chi connectivity index (χ0v) is 15.1. The van der Waals surface area contributed by atoms with Crippen LogP contribution in [-0.2, 0) is 21.0 Å². The molecule has 1 atom stereocenters. The summed E-state index contributed by atoms with van der Waals surface area (Å²) in [5.74, 6) is 0.194. The smallest absolute Gasteiger partial charge is 0.317 e. The standard InChI is InChI=1S/C17H26N2O4S/c1-14-5-3-4-6-15(14)7-9-18-17(20)19(10-11-23-2)16-8-12-24(21,22)13-16/h3-6,16H,7-13H2,1-2H3,(H,18,20). The second-order valence-electron chi connectivity index (χ2n) is 6.15. The van der Waals surface area contributed by atoms with E-state index in [1.165, 1.54) is 11.1 Å². The average Bonchev–Trinajstić information content (AvgIpc) is 2.89. The summed E-state index contributed by atoms with van der Waals surface area (Å²) in [4.78, 5) is 14.1. The molecule has 1 aliphatic rings. The van der Waals surface area contributed by atoms with Gasteiger partial charge in [0.2, 0.25) is 0 Å². The molecule has 1 N–H and O–H groups in total. The lowest BCUT2D eigenvalue weighted by atomic mass is 10.1. The molecule has 1 heterocycles. The van der Waals surface area contributed by atoms with Gasteiger partial charge in [0, 0.05) is 26.2 Å². The third-order valence-electron chi connectivity index (χ3n) is 4.38. The van der Waals surface area contributed by atoms with Crippen LogP contribution in [0.1, 0.15) is 17.5 Å². The van der Waals surface area contributed by atoms with E-state index in [2.05, 4.69) is 5.32 Å². The summed E-state index contributed by atoms with van der Waals surface area (Å²) < 4.78 is 28.4. The number of ether oxygens (including phenoxy) is 1. The molecule has 0 spiro atoms. The monoisotopic (exact) mass is 354 g/mol. The first kappa shape index (κ1) is 18.7. The molecule has 0 radical (unpaired) electrons. The van der Waals surface area contributed by atoms with Crippen LogP contribution in [0.4, 0.5) is 4.79 Å². The maximum Gasteiger partial charge on any atom is 0.317 e. The highest BCUT2D eigenvalue weighted by molar-refractivity contribution is 7.91. The molecule has 1 saturated heterocycles. The van der Waals surface area contributed by atoms with Gasteiger partial charge >= 0.3 is 6.03 Å². The van der Waals surface area contributed by atoms with E-state index in [0.717, 1.165) is 6.42 Å². The van der Waals surface area contributed by atoms with E-state index in [-0.39, 0.29) is 23.6 Å². The molecule has 2 amide bonds. The second kappa shape index (κ2) is 8.48. The number of nitrogens with zero attached hydrogens (tertiary/aromatic N) is 1. The maximum atomic E-state index is 12.5. The van der Waals surface area contributed by atoms with E-state index in [0.29, 0.717) is 26.1 Å². The quantitative estimate of drug-likeness (QED) is 0.803. The minimum atomic E-state index is -3.03. The molecular weight excluding hydrogens is 328 g/mol. The summed E-state index contributed by atoms with van der Waals surface area (Å²) in [5, 5.41) is 2.91. The Balaban J connectivity index is 1.91. The van der Waals surface area contributed by atoms with Crippen molar-refractivity contribution in [1.29, 1.82) is 0 Å². The SMILES string of the molecule is COCCN(C(=O)NCCc1ccccc1C)C1CCS(=O)(=O)C1. The Bertz CT molecular complexity index is 660. The molecule has 1 aromatic rings. The Hall–Kier alpha value is -1.60. The Morgan fingerprint density at radius 1 is 1.38 bits per heavy atom. The van der Waals surface area contributed by atoms with Crippen molar-refractivity contribution in [2.45, 2.75) is 25.8 Å². The van der Waals surface area contributed by atoms with Gasteiger partial charge in [-0.15, -0.1) is 0 Å². The number of nitrogens with one attached hydrogen (secondary N) is 1. The number of methoxy groups -OCH3 is 1. The van der Waals surface area contributed by atoms with Crippen LogP contribution in [0.3, 0.4) is 0 Å². The average molecular weight is 354 g/mol. The van der Waals surface area contributed by atoms with Crippen LogP contribution in [0.15, 0.2) is 24.3 Å². The number of hydrogen-bond donors (Lipinski definition) is 1. The predicted molar refractivity (Wildman–Crippen MR) is 93.9 cm³/mol. The number of benzene rings is 1. The van der Waals surface area contributed by atoms with Crippen LogP contribution in [0.5, 0.6) is 0 Å². The molecule has 134 valence electrons. The zero-order valence-electron chi connectivity index (χ0n) is 14.3. The number of rotatable bonds is 7. The highest BCUT2D eigenvalue weighted by atomic mass is 32.2. The summed E-state index contributed by atoms with van der Waals surface area (Å²) >= 11 is 0. The Morgan fingerprint density at radius 3 is 2.75 bits per heavy atom. The Morgan fingerprint density at radius 2 is 2.12 bits per heavy atom. The van der Waals surface area contributed by atoms with Crippen LogP contribution in [0.25, 0.3) is 0 Å². The van der Waals surface area contributed by atoms with E-state index in [9.17, 15) is 13.2 Å². The fourth-order valence-electron chi connectivity index (χ4n) is 2.96. The van der Waals surface area contributed by atoms with Gasteiger partial charge in [-0.1, -0.05) is 24.3 Å². The van der Waals surface area contributed by atoms with Gasteiger partial charge in [-0.25, -0.2) is 13.2 Å². The van der Waals surface area contributed by atoms with Crippen molar-refractivity contribution >= 4 is 15.9 Å². The lowest BCUT2D eigenvalue weighted by Crippen LogP contribution is -2.48. The van der Waals surface area contributed by atoms with E-state index in [1.54, 1.807) is 12.0 Å². The van der Waals surface area contributed by atoms with Crippen LogP contribution >= 0.6 is 0 Å². The first-order valence-corrected chi connectivity index (χ1v) is 10.0. The number of sulfone groups is 1. The number of amides is 2. The van der Waals surface area contributed by atoms with Crippen molar-refractivity contribution < 1.29 is 17.9 Å². The lowest BCUT2D eigenvalue weighted by Gasteiger charge is -2.28. The van der Waals surface area contributed by atoms with Gasteiger partial charge in [-0.3, -0.25) is 0 Å². The third kappa shape index (κ3) is 5.21. The van der Waals surface area contributed by atoms with Crippen molar-refractivity contribution in [1.82, 2.24) is 10.2 Å². The summed E-state index contributed by atoms with van der Waals surface area (Å²) in [6.07, 6.45) is 1.25. The molecule has 2 rings (SSSR count). The van der Waals surface area contributed by atoms with Crippen LogP contribution in [-0.4, -0.2) is 63.7 Å². The molecule has 1 fully saturated rings. The molecule has 0 saturated carbocycles. The van der Waals surface area contributed by atoms with Gasteiger partial charge in [0.15, 0.2) is 9.84 Å². The van der Waals surface area contributed by atoms with Gasteiger partial charge in [-0.05, 0) is 30.9 Å². The molecular formula is C17H26N2O4S. The fraction of sp³-hybridized carbons (Fsp3) is 0.588. The normalized spacial score (nSPS) is 19.2. The molecule has 1 aromatic carbocycles. The van der Waals surface area contributed by atoms with Crippen molar-refractivity contribution in [2.75, 3.05) is 38.3 Å². The third-order valence-corrected chi connectivity index (χ3v) is 6.13. The highest BCUT2D eigenvalue weighted by Crippen LogP contribution is 2.18. The minimum absolute atomic E-state index is 0.0436. The molecule has 1 aliphatic heterocycles. The van der Waals surface area contributed by atoms with Gasteiger partial charge < -0.3 is 15.0 Å². The first-order chi connectivity index (χ1) is 11.4. The van der Waals surface area contributed by atoms with Gasteiger partial charge in [0.05, 0.1) is 18.1 Å². The van der Waals surface area contributed by atoms with Gasteiger partial charge in [0.25, 0.3) is 0 Å². The van der Waals surface area contributed by atoms with Crippen molar-refractivity contribution in [3.05, 3.63) is 35.4 Å². The molecule has 1 unspecified atom stereocenters. The van der Waals surface area contributed by atoms with Crippen molar-refractivity contribution in [2.24, 2.45) is 0 Å². The molecule has 0 bridgehead atoms. The van der Waals surface area contributed by atoms with Crippen LogP contribution < -0.4 is 5.32 Å². The van der Waals surface area contributed by atoms with Gasteiger partial charge in [0.1, 0.15) is 0 Å². The Labute approximate surface area is 144 Å². The van der Waals surface area contributed by atoms with Crippen LogP contribution in [0.2, 0.25) is 0 Å². The number of hydrogen-bond acceptors (Lipinski definition) is 4. The van der Waals surface area contributed by atoms with Crippen LogP contribution in [0, 0.1) is 6.92 Å².